The van der Waals surface area contributed by atoms with E-state index in [4.69, 9.17) is 4.74 Å². The van der Waals surface area contributed by atoms with Crippen molar-refractivity contribution in [3.05, 3.63) is 64.5 Å². The first-order valence-electron chi connectivity index (χ1n) is 6.64. The van der Waals surface area contributed by atoms with Crippen molar-refractivity contribution in [2.24, 2.45) is 0 Å². The average Bonchev–Trinajstić information content (AvgIpc) is 2.41. The van der Waals surface area contributed by atoms with Crippen LogP contribution < -0.4 is 4.74 Å². The van der Waals surface area contributed by atoms with Crippen LogP contribution in [0.5, 0.6) is 5.75 Å². The molecule has 0 radical (unpaired) electrons. The van der Waals surface area contributed by atoms with E-state index >= 15 is 0 Å². The minimum Gasteiger partial charge on any atom is -0.486 e. The molecule has 0 aliphatic rings. The standard InChI is InChI=1S/C17H19FO2/c1-11-4-5-14(8-12(11)2)10-20-17-7-6-15(13(3)19)9-16(17)18/h4-9,13,19H,10H2,1-3H3/t13-/m1/s1. The van der Waals surface area contributed by atoms with Crippen LogP contribution in [0.2, 0.25) is 0 Å². The van der Waals surface area contributed by atoms with Gasteiger partial charge in [0.1, 0.15) is 6.61 Å². The first-order chi connectivity index (χ1) is 9.47. The van der Waals surface area contributed by atoms with Gasteiger partial charge in [-0.15, -0.1) is 0 Å². The van der Waals surface area contributed by atoms with Crippen molar-refractivity contribution in [1.29, 1.82) is 0 Å². The Hall–Kier alpha value is -1.87. The molecule has 0 aromatic heterocycles. The van der Waals surface area contributed by atoms with Gasteiger partial charge in [-0.05, 0) is 55.2 Å². The molecule has 1 atom stereocenters. The van der Waals surface area contributed by atoms with Crippen LogP contribution >= 0.6 is 0 Å². The summed E-state index contributed by atoms with van der Waals surface area (Å²) in [4.78, 5) is 0. The van der Waals surface area contributed by atoms with E-state index in [-0.39, 0.29) is 5.75 Å². The molecule has 0 bridgehead atoms. The molecule has 2 aromatic carbocycles. The first kappa shape index (κ1) is 14.5. The first-order valence-corrected chi connectivity index (χ1v) is 6.64. The maximum absolute atomic E-state index is 13.8. The normalized spacial score (nSPS) is 12.2. The Labute approximate surface area is 118 Å². The van der Waals surface area contributed by atoms with E-state index in [1.54, 1.807) is 19.1 Å². The maximum atomic E-state index is 13.8. The zero-order chi connectivity index (χ0) is 14.7. The van der Waals surface area contributed by atoms with Crippen molar-refractivity contribution >= 4 is 0 Å². The average molecular weight is 274 g/mol. The van der Waals surface area contributed by atoms with Crippen LogP contribution in [0.25, 0.3) is 0 Å². The van der Waals surface area contributed by atoms with Crippen LogP contribution in [0.15, 0.2) is 36.4 Å². The summed E-state index contributed by atoms with van der Waals surface area (Å²) in [6, 6.07) is 10.6. The van der Waals surface area contributed by atoms with Gasteiger partial charge in [0, 0.05) is 0 Å². The highest BCUT2D eigenvalue weighted by Crippen LogP contribution is 2.23. The van der Waals surface area contributed by atoms with E-state index in [1.165, 1.54) is 17.2 Å². The fourth-order valence-electron chi connectivity index (χ4n) is 1.95. The molecule has 0 saturated carbocycles. The second-order valence-electron chi connectivity index (χ2n) is 5.07. The number of halogens is 1. The summed E-state index contributed by atoms with van der Waals surface area (Å²) in [6.07, 6.45) is -0.682. The second-order valence-corrected chi connectivity index (χ2v) is 5.07. The Balaban J connectivity index is 2.09. The lowest BCUT2D eigenvalue weighted by atomic mass is 10.1. The third kappa shape index (κ3) is 3.36. The minimum atomic E-state index is -0.682. The number of aliphatic hydroxyl groups excluding tert-OH is 1. The minimum absolute atomic E-state index is 0.202. The molecule has 0 saturated heterocycles. The number of ether oxygens (including phenoxy) is 1. The van der Waals surface area contributed by atoms with Crippen molar-refractivity contribution in [3.8, 4) is 5.75 Å². The highest BCUT2D eigenvalue weighted by Gasteiger charge is 2.08. The summed E-state index contributed by atoms with van der Waals surface area (Å²) in [5, 5.41) is 9.40. The van der Waals surface area contributed by atoms with Gasteiger partial charge in [0.05, 0.1) is 6.10 Å². The van der Waals surface area contributed by atoms with Crippen molar-refractivity contribution in [3.63, 3.8) is 0 Å². The van der Waals surface area contributed by atoms with Crippen LogP contribution in [0.4, 0.5) is 4.39 Å². The molecule has 0 amide bonds. The third-order valence-electron chi connectivity index (χ3n) is 3.40. The van der Waals surface area contributed by atoms with E-state index in [0.29, 0.717) is 12.2 Å². The zero-order valence-electron chi connectivity index (χ0n) is 12.0. The lowest BCUT2D eigenvalue weighted by Crippen LogP contribution is -2.00. The zero-order valence-corrected chi connectivity index (χ0v) is 12.0. The molecule has 3 heteroatoms. The van der Waals surface area contributed by atoms with Crippen molar-refractivity contribution in [2.75, 3.05) is 0 Å². The van der Waals surface area contributed by atoms with Crippen LogP contribution in [0, 0.1) is 19.7 Å². The van der Waals surface area contributed by atoms with Crippen molar-refractivity contribution < 1.29 is 14.2 Å². The molecular formula is C17H19FO2. The molecule has 106 valence electrons. The summed E-state index contributed by atoms with van der Waals surface area (Å²) in [5.74, 6) is -0.250. The molecule has 2 aromatic rings. The van der Waals surface area contributed by atoms with E-state index in [1.807, 2.05) is 25.1 Å². The van der Waals surface area contributed by atoms with Crippen molar-refractivity contribution in [1.82, 2.24) is 0 Å². The van der Waals surface area contributed by atoms with Crippen LogP contribution in [-0.4, -0.2) is 5.11 Å². The van der Waals surface area contributed by atoms with Gasteiger partial charge in [0.2, 0.25) is 0 Å². The van der Waals surface area contributed by atoms with E-state index in [9.17, 15) is 9.50 Å². The van der Waals surface area contributed by atoms with Gasteiger partial charge >= 0.3 is 0 Å². The highest BCUT2D eigenvalue weighted by atomic mass is 19.1. The van der Waals surface area contributed by atoms with E-state index < -0.39 is 11.9 Å². The van der Waals surface area contributed by atoms with Gasteiger partial charge < -0.3 is 9.84 Å². The number of hydrogen-bond donors (Lipinski definition) is 1. The molecule has 1 N–H and O–H groups in total. The van der Waals surface area contributed by atoms with Crippen LogP contribution in [-0.2, 0) is 6.61 Å². The van der Waals surface area contributed by atoms with Crippen LogP contribution in [0.1, 0.15) is 35.3 Å². The summed E-state index contributed by atoms with van der Waals surface area (Å²) >= 11 is 0. The molecule has 2 nitrogen and oxygen atoms in total. The molecule has 20 heavy (non-hydrogen) atoms. The summed E-state index contributed by atoms with van der Waals surface area (Å²) in [6.45, 7) is 6.02. The fraction of sp³-hybridized carbons (Fsp3) is 0.294. The smallest absolute Gasteiger partial charge is 0.165 e. The Morgan fingerprint density at radius 3 is 2.45 bits per heavy atom. The summed E-state index contributed by atoms with van der Waals surface area (Å²) in [7, 11) is 0. The quantitative estimate of drug-likeness (QED) is 0.910. The largest absolute Gasteiger partial charge is 0.486 e. The summed E-state index contributed by atoms with van der Waals surface area (Å²) in [5.41, 5.74) is 3.96. The molecule has 0 heterocycles. The molecule has 0 spiro atoms. The topological polar surface area (TPSA) is 29.5 Å². The molecule has 0 fully saturated rings. The number of hydrogen-bond acceptors (Lipinski definition) is 2. The van der Waals surface area contributed by atoms with Gasteiger partial charge in [-0.25, -0.2) is 4.39 Å². The van der Waals surface area contributed by atoms with E-state index in [2.05, 4.69) is 6.92 Å². The van der Waals surface area contributed by atoms with Gasteiger partial charge in [-0.3, -0.25) is 0 Å². The van der Waals surface area contributed by atoms with Crippen LogP contribution in [0.3, 0.4) is 0 Å². The molecule has 0 aliphatic heterocycles. The molecule has 0 unspecified atom stereocenters. The highest BCUT2D eigenvalue weighted by molar-refractivity contribution is 5.32. The fourth-order valence-corrected chi connectivity index (χ4v) is 1.95. The predicted octanol–water partition coefficient (Wildman–Crippen LogP) is 4.07. The number of aryl methyl sites for hydroxylation is 2. The van der Waals surface area contributed by atoms with Gasteiger partial charge in [-0.1, -0.05) is 24.3 Å². The SMILES string of the molecule is Cc1ccc(COc2ccc([C@@H](C)O)cc2F)cc1C. The predicted molar refractivity (Wildman–Crippen MR) is 77.3 cm³/mol. The second kappa shape index (κ2) is 6.06. The number of rotatable bonds is 4. The van der Waals surface area contributed by atoms with Gasteiger partial charge in [0.25, 0.3) is 0 Å². The Bertz CT molecular complexity index is 606. The number of benzene rings is 2. The Kier molecular flexibility index (Phi) is 4.40. The number of aliphatic hydroxyl groups is 1. The maximum Gasteiger partial charge on any atom is 0.165 e. The Morgan fingerprint density at radius 1 is 1.10 bits per heavy atom. The van der Waals surface area contributed by atoms with E-state index in [0.717, 1.165) is 5.56 Å². The molecule has 0 aliphatic carbocycles. The molecule has 2 rings (SSSR count). The molecular weight excluding hydrogens is 255 g/mol. The lowest BCUT2D eigenvalue weighted by Gasteiger charge is -2.11. The summed E-state index contributed by atoms with van der Waals surface area (Å²) < 4.78 is 19.3. The lowest BCUT2D eigenvalue weighted by molar-refractivity contribution is 0.198. The Morgan fingerprint density at radius 2 is 1.85 bits per heavy atom. The third-order valence-corrected chi connectivity index (χ3v) is 3.40. The van der Waals surface area contributed by atoms with Gasteiger partial charge in [-0.2, -0.15) is 0 Å². The van der Waals surface area contributed by atoms with Gasteiger partial charge in [0.15, 0.2) is 11.6 Å². The monoisotopic (exact) mass is 274 g/mol. The van der Waals surface area contributed by atoms with Crippen molar-refractivity contribution in [2.45, 2.75) is 33.5 Å².